The van der Waals surface area contributed by atoms with Crippen molar-refractivity contribution < 1.29 is 8.42 Å². The minimum absolute atomic E-state index is 0.284. The summed E-state index contributed by atoms with van der Waals surface area (Å²) in [5.41, 5.74) is 2.38. The van der Waals surface area contributed by atoms with Crippen molar-refractivity contribution in [1.82, 2.24) is 4.83 Å². The second kappa shape index (κ2) is 3.51. The third-order valence-electron chi connectivity index (χ3n) is 8.06. The van der Waals surface area contributed by atoms with Gasteiger partial charge in [0, 0.05) is 11.1 Å². The van der Waals surface area contributed by atoms with E-state index in [1.54, 1.807) is 12.1 Å². The fourth-order valence-electron chi connectivity index (χ4n) is 7.61. The smallest absolute Gasteiger partial charge is 0.200 e. The summed E-state index contributed by atoms with van der Waals surface area (Å²) in [5.74, 6) is 6.41. The Morgan fingerprint density at radius 1 is 1.13 bits per heavy atom. The molecule has 4 atom stereocenters. The summed E-state index contributed by atoms with van der Waals surface area (Å²) in [6.07, 6.45) is 1.45. The van der Waals surface area contributed by atoms with E-state index in [0.29, 0.717) is 5.41 Å². The highest BCUT2D eigenvalue weighted by Gasteiger charge is 2.98. The van der Waals surface area contributed by atoms with Crippen LogP contribution in [0.2, 0.25) is 0 Å². The molecule has 6 fully saturated rings. The Morgan fingerprint density at radius 3 is 2.39 bits per heavy atom. The summed E-state index contributed by atoms with van der Waals surface area (Å²) in [5, 5.41) is 4.36. The molecule has 0 saturated heterocycles. The second-order valence-corrected chi connectivity index (χ2v) is 9.99. The average molecular weight is 328 g/mol. The van der Waals surface area contributed by atoms with Crippen molar-refractivity contribution in [2.45, 2.75) is 25.2 Å². The summed E-state index contributed by atoms with van der Waals surface area (Å²) in [6.45, 7) is 3.99. The number of sulfonamides is 1. The number of nitrogens with one attached hydrogen (secondary N) is 1. The van der Waals surface area contributed by atoms with Crippen molar-refractivity contribution in [2.75, 3.05) is 0 Å². The number of nitrogens with zero attached hydrogens (tertiary/aromatic N) is 1. The van der Waals surface area contributed by atoms with E-state index in [9.17, 15) is 8.42 Å². The van der Waals surface area contributed by atoms with Gasteiger partial charge in [-0.25, -0.2) is 4.83 Å². The molecule has 2 bridgehead atoms. The van der Waals surface area contributed by atoms with Crippen molar-refractivity contribution in [3.8, 4) is 0 Å². The van der Waals surface area contributed by atoms with Crippen molar-refractivity contribution in [3.05, 3.63) is 29.8 Å². The second-order valence-electron chi connectivity index (χ2n) is 8.33. The summed E-state index contributed by atoms with van der Waals surface area (Å²) in [7, 11) is -3.56. The first-order valence-electron chi connectivity index (χ1n) is 8.61. The van der Waals surface area contributed by atoms with Gasteiger partial charge in [0.25, 0.3) is 10.0 Å². The van der Waals surface area contributed by atoms with Crippen LogP contribution in [0.15, 0.2) is 34.3 Å². The van der Waals surface area contributed by atoms with E-state index in [1.165, 1.54) is 6.42 Å². The average Bonchev–Trinajstić information content (AvgIpc) is 2.75. The maximum absolute atomic E-state index is 12.4. The fourth-order valence-corrected chi connectivity index (χ4v) is 8.46. The van der Waals surface area contributed by atoms with E-state index < -0.39 is 10.0 Å². The van der Waals surface area contributed by atoms with Crippen LogP contribution in [0.25, 0.3) is 0 Å². The summed E-state index contributed by atoms with van der Waals surface area (Å²) >= 11 is 0. The molecular formula is C18H20N2O2S. The molecule has 6 aliphatic rings. The molecule has 0 heterocycles. The van der Waals surface area contributed by atoms with Crippen LogP contribution in [0.5, 0.6) is 0 Å². The molecule has 6 saturated carbocycles. The molecule has 5 heteroatoms. The van der Waals surface area contributed by atoms with Crippen LogP contribution in [0.4, 0.5) is 0 Å². The monoisotopic (exact) mass is 328 g/mol. The highest BCUT2D eigenvalue weighted by Crippen LogP contribution is 3.00. The Hall–Kier alpha value is -1.36. The fraction of sp³-hybridized carbons (Fsp3) is 0.611. The molecule has 0 radical (unpaired) electrons. The van der Waals surface area contributed by atoms with Gasteiger partial charge in [-0.15, -0.1) is 0 Å². The summed E-state index contributed by atoms with van der Waals surface area (Å²) < 4.78 is 24.8. The Balaban J connectivity index is 1.27. The third kappa shape index (κ3) is 1.10. The van der Waals surface area contributed by atoms with Gasteiger partial charge in [0.15, 0.2) is 0 Å². The zero-order chi connectivity index (χ0) is 15.7. The molecule has 120 valence electrons. The summed E-state index contributed by atoms with van der Waals surface area (Å²) in [6, 6.07) is 6.90. The van der Waals surface area contributed by atoms with E-state index in [1.807, 2.05) is 26.0 Å². The quantitative estimate of drug-likeness (QED) is 0.681. The van der Waals surface area contributed by atoms with Crippen LogP contribution < -0.4 is 4.83 Å². The number of hydrogen-bond donors (Lipinski definition) is 1. The first-order valence-corrected chi connectivity index (χ1v) is 10.1. The minimum atomic E-state index is -3.56. The van der Waals surface area contributed by atoms with Gasteiger partial charge < -0.3 is 0 Å². The molecule has 0 aromatic heterocycles. The van der Waals surface area contributed by atoms with Crippen LogP contribution in [0.1, 0.15) is 18.9 Å². The van der Waals surface area contributed by atoms with Gasteiger partial charge in [-0.3, -0.25) is 0 Å². The number of hydrogen-bond acceptors (Lipinski definition) is 3. The zero-order valence-electron chi connectivity index (χ0n) is 13.2. The van der Waals surface area contributed by atoms with Gasteiger partial charge in [0.05, 0.1) is 4.90 Å². The van der Waals surface area contributed by atoms with E-state index >= 15 is 0 Å². The SMILES string of the molecule is C/C(=N/NS(=O)(=O)c1ccc(C)cc1)C12C3C4CC5C3C1C5C42. The maximum Gasteiger partial charge on any atom is 0.276 e. The van der Waals surface area contributed by atoms with Gasteiger partial charge in [-0.1, -0.05) is 17.7 Å². The molecule has 4 nitrogen and oxygen atoms in total. The lowest BCUT2D eigenvalue weighted by atomic mass is 9.12. The molecular weight excluding hydrogens is 308 g/mol. The first kappa shape index (κ1) is 13.0. The van der Waals surface area contributed by atoms with Crippen molar-refractivity contribution in [3.63, 3.8) is 0 Å². The molecule has 1 aromatic rings. The summed E-state index contributed by atoms with van der Waals surface area (Å²) in [4.78, 5) is 2.77. The van der Waals surface area contributed by atoms with Gasteiger partial charge in [0.1, 0.15) is 0 Å². The molecule has 0 spiro atoms. The van der Waals surface area contributed by atoms with E-state index in [2.05, 4.69) is 9.93 Å². The Morgan fingerprint density at radius 2 is 1.78 bits per heavy atom. The van der Waals surface area contributed by atoms with E-state index in [4.69, 9.17) is 0 Å². The highest BCUT2D eigenvalue weighted by molar-refractivity contribution is 7.89. The Labute approximate surface area is 136 Å². The highest BCUT2D eigenvalue weighted by atomic mass is 32.2. The van der Waals surface area contributed by atoms with Crippen LogP contribution in [-0.2, 0) is 10.0 Å². The topological polar surface area (TPSA) is 58.5 Å². The number of benzene rings is 1. The molecule has 1 aromatic carbocycles. The number of hydrazone groups is 1. The lowest BCUT2D eigenvalue weighted by molar-refractivity contribution is -0.414. The molecule has 6 aliphatic carbocycles. The zero-order valence-corrected chi connectivity index (χ0v) is 14.0. The van der Waals surface area contributed by atoms with Crippen LogP contribution in [-0.4, -0.2) is 14.1 Å². The van der Waals surface area contributed by atoms with Crippen LogP contribution >= 0.6 is 0 Å². The standard InChI is InChI=1S/C18H20N2O2S/c1-8-3-5-10(6-4-8)23(21,22)20-19-9(2)18-15-12-7-11-13(15)17(18)14(11)16(12)18/h3-6,11-17,20H,7H2,1-2H3/b19-9-. The molecule has 4 unspecified atom stereocenters. The predicted molar refractivity (Wildman–Crippen MR) is 86.1 cm³/mol. The van der Waals surface area contributed by atoms with Crippen LogP contribution in [0, 0.1) is 53.8 Å². The van der Waals surface area contributed by atoms with Crippen LogP contribution in [0.3, 0.4) is 0 Å². The maximum atomic E-state index is 12.4. The van der Waals surface area contributed by atoms with Gasteiger partial charge >= 0.3 is 0 Å². The number of rotatable bonds is 4. The van der Waals surface area contributed by atoms with Gasteiger partial charge in [-0.2, -0.15) is 13.5 Å². The largest absolute Gasteiger partial charge is 0.276 e. The molecule has 0 amide bonds. The Bertz CT molecular complexity index is 849. The van der Waals surface area contributed by atoms with Gasteiger partial charge in [0.2, 0.25) is 0 Å². The lowest BCUT2D eigenvalue weighted by Gasteiger charge is -2.91. The van der Waals surface area contributed by atoms with Crippen molar-refractivity contribution >= 4 is 15.7 Å². The van der Waals surface area contributed by atoms with Gasteiger partial charge in [-0.05, 0) is 73.8 Å². The van der Waals surface area contributed by atoms with Crippen molar-refractivity contribution in [2.24, 2.45) is 51.9 Å². The third-order valence-corrected chi connectivity index (χ3v) is 9.28. The molecule has 1 N–H and O–H groups in total. The van der Waals surface area contributed by atoms with Crippen molar-refractivity contribution in [1.29, 1.82) is 0 Å². The molecule has 0 aliphatic heterocycles. The predicted octanol–water partition coefficient (Wildman–Crippen LogP) is 2.41. The normalized spacial score (nSPS) is 50.3. The van der Waals surface area contributed by atoms with E-state index in [-0.39, 0.29) is 4.90 Å². The number of aryl methyl sites for hydroxylation is 1. The minimum Gasteiger partial charge on any atom is -0.200 e. The lowest BCUT2D eigenvalue weighted by Crippen LogP contribution is -2.90. The first-order chi connectivity index (χ1) is 11.0. The Kier molecular flexibility index (Phi) is 1.98. The van der Waals surface area contributed by atoms with E-state index in [0.717, 1.165) is 52.7 Å². The molecule has 23 heavy (non-hydrogen) atoms. The molecule has 7 rings (SSSR count).